The lowest BCUT2D eigenvalue weighted by atomic mass is 10.1. The average Bonchev–Trinajstić information content (AvgIpc) is 3.21. The second-order valence-electron chi connectivity index (χ2n) is 6.74. The molecule has 0 spiro atoms. The van der Waals surface area contributed by atoms with Crippen molar-refractivity contribution in [2.75, 3.05) is 6.61 Å². The van der Waals surface area contributed by atoms with E-state index in [4.69, 9.17) is 4.74 Å². The second-order valence-corrected chi connectivity index (χ2v) is 6.74. The van der Waals surface area contributed by atoms with Crippen molar-refractivity contribution < 1.29 is 9.53 Å². The van der Waals surface area contributed by atoms with Crippen molar-refractivity contribution in [3.8, 4) is 16.9 Å². The molecule has 7 heteroatoms. The van der Waals surface area contributed by atoms with Crippen LogP contribution in [0.25, 0.3) is 27.8 Å². The number of carbonyl (C=O) groups is 1. The number of ether oxygens (including phenoxy) is 1. The lowest BCUT2D eigenvalue weighted by Gasteiger charge is -2.14. The average molecular weight is 388 g/mol. The molecule has 4 rings (SSSR count). The Kier molecular flexibility index (Phi) is 4.72. The molecule has 0 bridgehead atoms. The molecule has 0 aliphatic carbocycles. The minimum absolute atomic E-state index is 0.0617. The number of benzene rings is 2. The van der Waals surface area contributed by atoms with E-state index in [1.165, 1.54) is 9.25 Å². The maximum Gasteiger partial charge on any atom is 0.346 e. The van der Waals surface area contributed by atoms with E-state index in [0.717, 1.165) is 11.1 Å². The molecule has 0 radical (unpaired) electrons. The first-order valence-corrected chi connectivity index (χ1v) is 9.30. The van der Waals surface area contributed by atoms with Gasteiger partial charge in [0.25, 0.3) is 5.56 Å². The topological polar surface area (TPSA) is 79.0 Å². The van der Waals surface area contributed by atoms with Gasteiger partial charge in [-0.25, -0.2) is 9.48 Å². The number of aryl methyl sites for hydroxylation is 2. The molecule has 0 aliphatic heterocycles. The molecule has 0 amide bonds. The Morgan fingerprint density at radius 1 is 1.10 bits per heavy atom. The zero-order valence-electron chi connectivity index (χ0n) is 16.4. The van der Waals surface area contributed by atoms with E-state index in [-0.39, 0.29) is 12.2 Å². The zero-order valence-corrected chi connectivity index (χ0v) is 16.4. The third-order valence-corrected chi connectivity index (χ3v) is 4.83. The fraction of sp³-hybridized carbons (Fsp3) is 0.182. The van der Waals surface area contributed by atoms with Crippen molar-refractivity contribution >= 4 is 16.9 Å². The van der Waals surface area contributed by atoms with Crippen molar-refractivity contribution in [2.24, 2.45) is 7.05 Å². The van der Waals surface area contributed by atoms with E-state index in [1.807, 2.05) is 55.5 Å². The summed E-state index contributed by atoms with van der Waals surface area (Å²) in [5.74, 6) is -0.679. The van der Waals surface area contributed by atoms with E-state index >= 15 is 0 Å². The lowest BCUT2D eigenvalue weighted by molar-refractivity contribution is 0.0524. The first-order chi connectivity index (χ1) is 14.0. The van der Waals surface area contributed by atoms with Crippen LogP contribution in [0.4, 0.5) is 0 Å². The Balaban J connectivity index is 1.99. The standard InChI is InChI=1S/C22H20N4O3/c1-4-29-22(28)19-20(16-7-5-6-8-18(16)25(3)21(19)27)26-13-17(23-24-26)15-11-9-14(2)10-12-15/h5-13H,4H2,1-3H3. The number of esters is 1. The van der Waals surface area contributed by atoms with Crippen LogP contribution in [0.1, 0.15) is 22.8 Å². The van der Waals surface area contributed by atoms with Crippen LogP contribution in [0, 0.1) is 6.92 Å². The number of para-hydroxylation sites is 1. The van der Waals surface area contributed by atoms with Crippen LogP contribution in [0.15, 0.2) is 59.5 Å². The summed E-state index contributed by atoms with van der Waals surface area (Å²) in [6.07, 6.45) is 1.72. The number of pyridine rings is 1. The van der Waals surface area contributed by atoms with Crippen molar-refractivity contribution in [1.82, 2.24) is 19.6 Å². The smallest absolute Gasteiger partial charge is 0.346 e. The van der Waals surface area contributed by atoms with Gasteiger partial charge in [0, 0.05) is 18.0 Å². The van der Waals surface area contributed by atoms with Gasteiger partial charge in [-0.15, -0.1) is 5.10 Å². The van der Waals surface area contributed by atoms with Crippen molar-refractivity contribution in [2.45, 2.75) is 13.8 Å². The van der Waals surface area contributed by atoms with Crippen LogP contribution in [-0.2, 0) is 11.8 Å². The molecule has 0 saturated heterocycles. The molecule has 29 heavy (non-hydrogen) atoms. The normalized spacial score (nSPS) is 11.0. The van der Waals surface area contributed by atoms with Gasteiger partial charge in [0.1, 0.15) is 5.69 Å². The molecular formula is C22H20N4O3. The summed E-state index contributed by atoms with van der Waals surface area (Å²) in [5.41, 5.74) is 3.24. The lowest BCUT2D eigenvalue weighted by Crippen LogP contribution is -2.28. The molecule has 0 saturated carbocycles. The van der Waals surface area contributed by atoms with Crippen LogP contribution in [0.5, 0.6) is 0 Å². The highest BCUT2D eigenvalue weighted by atomic mass is 16.5. The van der Waals surface area contributed by atoms with Crippen LogP contribution in [-0.4, -0.2) is 32.1 Å². The molecule has 0 N–H and O–H groups in total. The number of hydrogen-bond donors (Lipinski definition) is 0. The van der Waals surface area contributed by atoms with Gasteiger partial charge in [-0.3, -0.25) is 4.79 Å². The van der Waals surface area contributed by atoms with Crippen LogP contribution in [0.3, 0.4) is 0 Å². The highest BCUT2D eigenvalue weighted by Gasteiger charge is 2.24. The zero-order chi connectivity index (χ0) is 20.5. The van der Waals surface area contributed by atoms with Gasteiger partial charge in [0.05, 0.1) is 24.0 Å². The molecule has 2 aromatic heterocycles. The monoisotopic (exact) mass is 388 g/mol. The molecule has 0 fully saturated rings. The summed E-state index contributed by atoms with van der Waals surface area (Å²) < 4.78 is 8.09. The predicted molar refractivity (Wildman–Crippen MR) is 110 cm³/mol. The summed E-state index contributed by atoms with van der Waals surface area (Å²) in [4.78, 5) is 25.7. The van der Waals surface area contributed by atoms with Gasteiger partial charge in [-0.05, 0) is 19.9 Å². The molecule has 7 nitrogen and oxygen atoms in total. The van der Waals surface area contributed by atoms with E-state index < -0.39 is 11.5 Å². The Labute approximate surface area is 167 Å². The largest absolute Gasteiger partial charge is 0.462 e. The molecule has 4 aromatic rings. The Bertz CT molecular complexity index is 1270. The molecule has 0 aliphatic rings. The molecule has 0 atom stereocenters. The molecule has 0 unspecified atom stereocenters. The van der Waals surface area contributed by atoms with Gasteiger partial charge in [-0.2, -0.15) is 0 Å². The number of fused-ring (bicyclic) bond motifs is 1. The SMILES string of the molecule is CCOC(=O)c1c(-n2cc(-c3ccc(C)cc3)nn2)c2ccccc2n(C)c1=O. The number of hydrogen-bond acceptors (Lipinski definition) is 5. The third kappa shape index (κ3) is 3.20. The summed E-state index contributed by atoms with van der Waals surface area (Å²) >= 11 is 0. The fourth-order valence-corrected chi connectivity index (χ4v) is 3.33. The summed E-state index contributed by atoms with van der Waals surface area (Å²) in [7, 11) is 1.64. The van der Waals surface area contributed by atoms with Crippen molar-refractivity contribution in [3.63, 3.8) is 0 Å². The van der Waals surface area contributed by atoms with E-state index in [2.05, 4.69) is 10.3 Å². The van der Waals surface area contributed by atoms with Crippen LogP contribution in [0.2, 0.25) is 0 Å². The van der Waals surface area contributed by atoms with Crippen LogP contribution < -0.4 is 5.56 Å². The highest BCUT2D eigenvalue weighted by molar-refractivity contribution is 6.01. The molecule has 146 valence electrons. The first kappa shape index (κ1) is 18.6. The minimum Gasteiger partial charge on any atom is -0.462 e. The summed E-state index contributed by atoms with van der Waals surface area (Å²) in [6, 6.07) is 15.3. The minimum atomic E-state index is -0.679. The predicted octanol–water partition coefficient (Wildman–Crippen LogP) is 3.27. The van der Waals surface area contributed by atoms with E-state index in [1.54, 1.807) is 20.2 Å². The Morgan fingerprint density at radius 2 is 1.83 bits per heavy atom. The fourth-order valence-electron chi connectivity index (χ4n) is 3.33. The molecule has 2 heterocycles. The quantitative estimate of drug-likeness (QED) is 0.501. The van der Waals surface area contributed by atoms with Gasteiger partial charge in [0.15, 0.2) is 5.56 Å². The summed E-state index contributed by atoms with van der Waals surface area (Å²) in [6.45, 7) is 3.88. The van der Waals surface area contributed by atoms with Crippen molar-refractivity contribution in [3.05, 3.63) is 76.2 Å². The number of nitrogens with zero attached hydrogens (tertiary/aromatic N) is 4. The first-order valence-electron chi connectivity index (χ1n) is 9.30. The van der Waals surface area contributed by atoms with E-state index in [9.17, 15) is 9.59 Å². The van der Waals surface area contributed by atoms with Gasteiger partial charge in [-0.1, -0.05) is 53.2 Å². The second kappa shape index (κ2) is 7.35. The summed E-state index contributed by atoms with van der Waals surface area (Å²) in [5, 5.41) is 9.18. The maximum absolute atomic E-state index is 13.0. The maximum atomic E-state index is 13.0. The van der Waals surface area contributed by atoms with Gasteiger partial charge < -0.3 is 9.30 Å². The molecular weight excluding hydrogens is 368 g/mol. The molecule has 2 aromatic carbocycles. The number of aromatic nitrogens is 4. The van der Waals surface area contributed by atoms with Crippen LogP contribution >= 0.6 is 0 Å². The third-order valence-electron chi connectivity index (χ3n) is 4.83. The Morgan fingerprint density at radius 3 is 2.55 bits per heavy atom. The number of carbonyl (C=O) groups excluding carboxylic acids is 1. The van der Waals surface area contributed by atoms with Gasteiger partial charge >= 0.3 is 5.97 Å². The van der Waals surface area contributed by atoms with Gasteiger partial charge in [0.2, 0.25) is 0 Å². The number of rotatable bonds is 4. The highest BCUT2D eigenvalue weighted by Crippen LogP contribution is 2.25. The van der Waals surface area contributed by atoms with E-state index in [0.29, 0.717) is 22.3 Å². The van der Waals surface area contributed by atoms with Crippen molar-refractivity contribution in [1.29, 1.82) is 0 Å². The Hall–Kier alpha value is -3.74.